The first-order valence-corrected chi connectivity index (χ1v) is 16.9. The molecule has 230 valence electrons. The van der Waals surface area contributed by atoms with Gasteiger partial charge in [-0.3, -0.25) is 13.9 Å². The molecule has 0 bridgehead atoms. The SMILES string of the molecule is CC[C@H](C(=O)NC1CCCC1)N(Cc1ccc(Cl)cc1Cl)C(=O)CN(c1ccc(Cl)cc1C)S(=O)(=O)c1ccc(C)cc1. The molecule has 4 rings (SSSR count). The number of amides is 2. The minimum absolute atomic E-state index is 0.0105. The molecule has 0 spiro atoms. The number of carbonyl (C=O) groups excluding carboxylic acids is 2. The maximum atomic E-state index is 14.3. The van der Waals surface area contributed by atoms with Crippen LogP contribution in [0.3, 0.4) is 0 Å². The van der Waals surface area contributed by atoms with Gasteiger partial charge >= 0.3 is 0 Å². The maximum Gasteiger partial charge on any atom is 0.264 e. The van der Waals surface area contributed by atoms with E-state index in [1.807, 2.05) is 13.8 Å². The van der Waals surface area contributed by atoms with Gasteiger partial charge in [-0.25, -0.2) is 8.42 Å². The van der Waals surface area contributed by atoms with Crippen molar-refractivity contribution in [2.75, 3.05) is 10.8 Å². The third-order valence-corrected chi connectivity index (χ3v) is 10.4. The van der Waals surface area contributed by atoms with E-state index < -0.39 is 28.5 Å². The standard InChI is InChI=1S/C32H36Cl3N3O4S/c1-4-29(32(40)36-26-7-5-6-8-26)37(19-23-11-12-25(34)18-28(23)35)31(39)20-38(30-16-13-24(33)17-22(30)3)43(41,42)27-14-9-21(2)10-15-27/h9-18,26,29H,4-8,19-20H2,1-3H3,(H,36,40)/t29-/m1/s1. The summed E-state index contributed by atoms with van der Waals surface area (Å²) in [5.41, 5.74) is 2.37. The van der Waals surface area contributed by atoms with Crippen molar-refractivity contribution in [1.82, 2.24) is 10.2 Å². The van der Waals surface area contributed by atoms with Gasteiger partial charge in [0.05, 0.1) is 10.6 Å². The highest BCUT2D eigenvalue weighted by Gasteiger charge is 2.35. The molecule has 1 N–H and O–H groups in total. The highest BCUT2D eigenvalue weighted by molar-refractivity contribution is 7.92. The Labute approximate surface area is 269 Å². The van der Waals surface area contributed by atoms with Crippen LogP contribution in [0.5, 0.6) is 0 Å². The first kappa shape index (κ1) is 33.1. The van der Waals surface area contributed by atoms with E-state index in [2.05, 4.69) is 5.32 Å². The van der Waals surface area contributed by atoms with Crippen LogP contribution >= 0.6 is 34.8 Å². The van der Waals surface area contributed by atoms with Gasteiger partial charge in [0.25, 0.3) is 10.0 Å². The number of nitrogens with zero attached hydrogens (tertiary/aromatic N) is 2. The van der Waals surface area contributed by atoms with E-state index in [0.29, 0.717) is 38.3 Å². The fourth-order valence-electron chi connectivity index (χ4n) is 5.37. The predicted molar refractivity (Wildman–Crippen MR) is 173 cm³/mol. The van der Waals surface area contributed by atoms with Crippen molar-refractivity contribution >= 4 is 62.3 Å². The summed E-state index contributed by atoms with van der Waals surface area (Å²) in [5, 5.41) is 4.32. The van der Waals surface area contributed by atoms with Gasteiger partial charge < -0.3 is 10.2 Å². The molecule has 1 aliphatic carbocycles. The molecule has 1 aliphatic rings. The number of nitrogens with one attached hydrogen (secondary N) is 1. The lowest BCUT2D eigenvalue weighted by atomic mass is 10.1. The molecule has 11 heteroatoms. The van der Waals surface area contributed by atoms with Crippen LogP contribution in [0.1, 0.15) is 55.7 Å². The molecule has 3 aromatic rings. The monoisotopic (exact) mass is 663 g/mol. The van der Waals surface area contributed by atoms with Crippen LogP contribution in [0.4, 0.5) is 5.69 Å². The van der Waals surface area contributed by atoms with Gasteiger partial charge in [0.2, 0.25) is 11.8 Å². The quantitative estimate of drug-likeness (QED) is 0.233. The zero-order valence-corrected chi connectivity index (χ0v) is 27.5. The van der Waals surface area contributed by atoms with Crippen molar-refractivity contribution in [3.8, 4) is 0 Å². The lowest BCUT2D eigenvalue weighted by molar-refractivity contribution is -0.140. The Bertz CT molecular complexity index is 1580. The fraction of sp³-hybridized carbons (Fsp3) is 0.375. The Balaban J connectivity index is 1.76. The summed E-state index contributed by atoms with van der Waals surface area (Å²) in [7, 11) is -4.19. The van der Waals surface area contributed by atoms with Gasteiger partial charge in [0, 0.05) is 27.7 Å². The summed E-state index contributed by atoms with van der Waals surface area (Å²) in [6.07, 6.45) is 4.17. The van der Waals surface area contributed by atoms with Crippen molar-refractivity contribution in [3.63, 3.8) is 0 Å². The Morgan fingerprint density at radius 2 is 1.56 bits per heavy atom. The average Bonchev–Trinajstić information content (AvgIpc) is 3.46. The van der Waals surface area contributed by atoms with Gasteiger partial charge in [-0.2, -0.15) is 0 Å². The number of anilines is 1. The van der Waals surface area contributed by atoms with E-state index in [4.69, 9.17) is 34.8 Å². The Morgan fingerprint density at radius 1 is 0.930 bits per heavy atom. The van der Waals surface area contributed by atoms with Crippen LogP contribution in [-0.4, -0.2) is 43.8 Å². The van der Waals surface area contributed by atoms with E-state index in [-0.39, 0.29) is 23.4 Å². The van der Waals surface area contributed by atoms with Crippen LogP contribution in [-0.2, 0) is 26.2 Å². The van der Waals surface area contributed by atoms with E-state index >= 15 is 0 Å². The third-order valence-electron chi connectivity index (χ3n) is 7.76. The summed E-state index contributed by atoms with van der Waals surface area (Å²) in [6.45, 7) is 4.87. The van der Waals surface area contributed by atoms with Crippen molar-refractivity contribution in [1.29, 1.82) is 0 Å². The first-order chi connectivity index (χ1) is 20.4. The zero-order valence-electron chi connectivity index (χ0n) is 24.4. The topological polar surface area (TPSA) is 86.8 Å². The molecule has 0 radical (unpaired) electrons. The molecule has 1 atom stereocenters. The number of halogens is 3. The molecule has 3 aromatic carbocycles. The van der Waals surface area contributed by atoms with Gasteiger partial charge in [-0.05, 0) is 86.7 Å². The second kappa shape index (κ2) is 14.3. The van der Waals surface area contributed by atoms with E-state index in [0.717, 1.165) is 35.6 Å². The van der Waals surface area contributed by atoms with Crippen LogP contribution in [0.15, 0.2) is 65.6 Å². The minimum atomic E-state index is -4.19. The Morgan fingerprint density at radius 3 is 2.16 bits per heavy atom. The van der Waals surface area contributed by atoms with Gasteiger partial charge in [-0.1, -0.05) is 78.3 Å². The molecule has 2 amide bonds. The van der Waals surface area contributed by atoms with E-state index in [1.165, 1.54) is 17.0 Å². The van der Waals surface area contributed by atoms with Crippen molar-refractivity contribution in [2.24, 2.45) is 0 Å². The summed E-state index contributed by atoms with van der Waals surface area (Å²) in [4.78, 5) is 29.4. The lowest BCUT2D eigenvalue weighted by Gasteiger charge is -2.34. The van der Waals surface area contributed by atoms with Crippen LogP contribution in [0.2, 0.25) is 15.1 Å². The largest absolute Gasteiger partial charge is 0.352 e. The number of hydrogen-bond acceptors (Lipinski definition) is 4. The minimum Gasteiger partial charge on any atom is -0.352 e. The molecule has 43 heavy (non-hydrogen) atoms. The maximum absolute atomic E-state index is 14.3. The van der Waals surface area contributed by atoms with Crippen molar-refractivity contribution < 1.29 is 18.0 Å². The van der Waals surface area contributed by atoms with Gasteiger partial charge in [0.1, 0.15) is 12.6 Å². The highest BCUT2D eigenvalue weighted by atomic mass is 35.5. The number of carbonyl (C=O) groups is 2. The molecule has 0 aromatic heterocycles. The third kappa shape index (κ3) is 8.04. The predicted octanol–water partition coefficient (Wildman–Crippen LogP) is 7.33. The molecule has 1 fully saturated rings. The molecular formula is C32H36Cl3N3O4S. The summed E-state index contributed by atoms with van der Waals surface area (Å²) in [6, 6.07) is 15.4. The molecule has 0 heterocycles. The summed E-state index contributed by atoms with van der Waals surface area (Å²) in [5.74, 6) is -0.826. The normalized spacial score (nSPS) is 14.4. The van der Waals surface area contributed by atoms with Crippen molar-refractivity contribution in [3.05, 3.63) is 92.4 Å². The van der Waals surface area contributed by atoms with Gasteiger partial charge in [0.15, 0.2) is 0 Å². The second-order valence-electron chi connectivity index (χ2n) is 10.9. The summed E-state index contributed by atoms with van der Waals surface area (Å²) >= 11 is 18.8. The molecule has 1 saturated carbocycles. The van der Waals surface area contributed by atoms with Crippen LogP contribution in [0, 0.1) is 13.8 Å². The Kier molecular flexibility index (Phi) is 11.0. The Hall–Kier alpha value is -2.78. The van der Waals surface area contributed by atoms with E-state index in [9.17, 15) is 18.0 Å². The zero-order chi connectivity index (χ0) is 31.3. The fourth-order valence-corrected chi connectivity index (χ4v) is 7.54. The number of rotatable bonds is 11. The molecule has 0 aliphatic heterocycles. The number of benzene rings is 3. The molecule has 0 unspecified atom stereocenters. The van der Waals surface area contributed by atoms with Crippen molar-refractivity contribution in [2.45, 2.75) is 76.4 Å². The smallest absolute Gasteiger partial charge is 0.264 e. The highest BCUT2D eigenvalue weighted by Crippen LogP contribution is 2.30. The average molecular weight is 665 g/mol. The number of aryl methyl sites for hydroxylation is 2. The first-order valence-electron chi connectivity index (χ1n) is 14.3. The number of hydrogen-bond donors (Lipinski definition) is 1. The molecule has 0 saturated heterocycles. The summed E-state index contributed by atoms with van der Waals surface area (Å²) < 4.78 is 29.3. The van der Waals surface area contributed by atoms with Gasteiger partial charge in [-0.15, -0.1) is 0 Å². The van der Waals surface area contributed by atoms with Crippen LogP contribution < -0.4 is 9.62 Å². The van der Waals surface area contributed by atoms with E-state index in [1.54, 1.807) is 55.5 Å². The number of sulfonamides is 1. The molecule has 7 nitrogen and oxygen atoms in total. The lowest BCUT2D eigenvalue weighted by Crippen LogP contribution is -2.53. The van der Waals surface area contributed by atoms with Crippen LogP contribution in [0.25, 0.3) is 0 Å². The second-order valence-corrected chi connectivity index (χ2v) is 14.1. The molecular weight excluding hydrogens is 629 g/mol.